The van der Waals surface area contributed by atoms with Crippen LogP contribution in [0, 0.1) is 0 Å². The first-order valence-electron chi connectivity index (χ1n) is 21.6. The van der Waals surface area contributed by atoms with Crippen LogP contribution in [0.1, 0.15) is 118 Å². The molecule has 0 aliphatic heterocycles. The number of hydrogen-bond donors (Lipinski definition) is 2. The molecule has 0 saturated carbocycles. The monoisotopic (exact) mass is 1030 g/mol. The Morgan fingerprint density at radius 2 is 0.896 bits per heavy atom. The van der Waals surface area contributed by atoms with Crippen molar-refractivity contribution in [2.24, 2.45) is 4.40 Å². The van der Waals surface area contributed by atoms with Crippen molar-refractivity contribution >= 4 is 106 Å². The summed E-state index contributed by atoms with van der Waals surface area (Å²) in [6, 6.07) is 16.9. The summed E-state index contributed by atoms with van der Waals surface area (Å²) in [5, 5.41) is 6.69. The Labute approximate surface area is 418 Å². The lowest BCUT2D eigenvalue weighted by Crippen LogP contribution is -2.35. The Kier molecular flexibility index (Phi) is 20.1. The largest absolute Gasteiger partial charge is 0.496 e. The number of nitrogens with one attached hydrogen (secondary N) is 2. The predicted octanol–water partition coefficient (Wildman–Crippen LogP) is 12.6. The number of ether oxygens (including phenoxy) is 3. The second-order valence-electron chi connectivity index (χ2n) is 18.2. The van der Waals surface area contributed by atoms with Gasteiger partial charge in [-0.15, -0.1) is 0 Å². The first-order valence-corrected chi connectivity index (χ1v) is 26.1. The number of halogens is 3. The SMILES string of the molecule is CC[C@@H](N[S@@](=O)C(C)(C)C)c1ccc(OC)c2cnc(Cl)cc12.CC[C@H](N[S@@](=O)C(C)(C)C)c1ccc(OC)c2cnc(Cl)cc12.COc1ccc(C=N[S@@](=O)C(C)(C)C)c2cc(Cl)ncc12. The van der Waals surface area contributed by atoms with Crippen LogP contribution in [-0.4, -0.2) is 69.4 Å². The highest BCUT2D eigenvalue weighted by molar-refractivity contribution is 7.85. The Morgan fingerprint density at radius 3 is 1.22 bits per heavy atom. The van der Waals surface area contributed by atoms with Crippen molar-refractivity contribution in [2.45, 2.75) is 115 Å². The smallest absolute Gasteiger partial charge is 0.144 e. The lowest BCUT2D eigenvalue weighted by atomic mass is 9.98. The highest BCUT2D eigenvalue weighted by atomic mass is 35.5. The summed E-state index contributed by atoms with van der Waals surface area (Å²) in [5.41, 5.74) is 2.92. The van der Waals surface area contributed by atoms with E-state index in [1.165, 1.54) is 0 Å². The summed E-state index contributed by atoms with van der Waals surface area (Å²) >= 11 is 18.1. The molecule has 0 amide bonds. The summed E-state index contributed by atoms with van der Waals surface area (Å²) in [6.07, 6.45) is 8.32. The lowest BCUT2D eigenvalue weighted by molar-refractivity contribution is 0.419. The first-order chi connectivity index (χ1) is 31.4. The van der Waals surface area contributed by atoms with Crippen molar-refractivity contribution in [3.63, 3.8) is 0 Å². The van der Waals surface area contributed by atoms with Gasteiger partial charge in [0.15, 0.2) is 0 Å². The Morgan fingerprint density at radius 1 is 0.552 bits per heavy atom. The molecule has 12 nitrogen and oxygen atoms in total. The molecule has 3 aromatic heterocycles. The van der Waals surface area contributed by atoms with Gasteiger partial charge < -0.3 is 14.2 Å². The molecule has 67 heavy (non-hydrogen) atoms. The number of hydrogen-bond acceptors (Lipinski definition) is 9. The number of fused-ring (bicyclic) bond motifs is 3. The van der Waals surface area contributed by atoms with Crippen LogP contribution >= 0.6 is 34.8 Å². The fourth-order valence-electron chi connectivity index (χ4n) is 6.49. The number of pyridine rings is 3. The van der Waals surface area contributed by atoms with Gasteiger partial charge in [0.25, 0.3) is 0 Å². The van der Waals surface area contributed by atoms with E-state index in [1.54, 1.807) is 52.2 Å². The van der Waals surface area contributed by atoms with E-state index in [0.717, 1.165) is 73.3 Å². The third kappa shape index (κ3) is 14.9. The molecule has 3 aromatic carbocycles. The number of nitrogens with zero attached hydrogens (tertiary/aromatic N) is 4. The molecule has 6 aromatic rings. The van der Waals surface area contributed by atoms with Gasteiger partial charge in [-0.1, -0.05) is 60.8 Å². The van der Waals surface area contributed by atoms with Gasteiger partial charge >= 0.3 is 0 Å². The molecule has 0 spiro atoms. The van der Waals surface area contributed by atoms with E-state index in [4.69, 9.17) is 49.0 Å². The summed E-state index contributed by atoms with van der Waals surface area (Å²) in [6.45, 7) is 21.5. The second kappa shape index (κ2) is 24.2. The van der Waals surface area contributed by atoms with Crippen LogP contribution in [0.25, 0.3) is 32.3 Å². The fraction of sp³-hybridized carbons (Fsp3) is 0.429. The van der Waals surface area contributed by atoms with E-state index in [-0.39, 0.29) is 21.6 Å². The zero-order valence-electron chi connectivity index (χ0n) is 40.7. The van der Waals surface area contributed by atoms with Crippen molar-refractivity contribution in [1.29, 1.82) is 0 Å². The minimum Gasteiger partial charge on any atom is -0.496 e. The molecule has 5 atom stereocenters. The van der Waals surface area contributed by atoms with Crippen molar-refractivity contribution in [2.75, 3.05) is 21.3 Å². The molecule has 364 valence electrons. The summed E-state index contributed by atoms with van der Waals surface area (Å²) < 4.78 is 62.7. The molecule has 18 heteroatoms. The maximum atomic E-state index is 12.5. The average Bonchev–Trinajstić information content (AvgIpc) is 3.27. The Bertz CT molecular complexity index is 2650. The first kappa shape index (κ1) is 55.8. The fourth-order valence-corrected chi connectivity index (χ4v) is 9.30. The van der Waals surface area contributed by atoms with Gasteiger partial charge in [-0.05, 0) is 145 Å². The van der Waals surface area contributed by atoms with E-state index in [1.807, 2.05) is 111 Å². The van der Waals surface area contributed by atoms with Gasteiger partial charge in [0, 0.05) is 58.6 Å². The number of methoxy groups -OCH3 is 3. The van der Waals surface area contributed by atoms with E-state index in [0.29, 0.717) is 21.2 Å². The lowest BCUT2D eigenvalue weighted by Gasteiger charge is -2.25. The van der Waals surface area contributed by atoms with Gasteiger partial charge in [0.05, 0.1) is 57.5 Å². The molecule has 0 bridgehead atoms. The van der Waals surface area contributed by atoms with Crippen LogP contribution in [0.15, 0.2) is 77.6 Å². The van der Waals surface area contributed by atoms with Gasteiger partial charge in [0.2, 0.25) is 0 Å². The molecule has 2 N–H and O–H groups in total. The summed E-state index contributed by atoms with van der Waals surface area (Å²) in [5.74, 6) is 2.21. The van der Waals surface area contributed by atoms with E-state index in [9.17, 15) is 12.6 Å². The summed E-state index contributed by atoms with van der Waals surface area (Å²) in [4.78, 5) is 12.4. The number of benzene rings is 3. The minimum atomic E-state index is -1.30. The van der Waals surface area contributed by atoms with E-state index in [2.05, 4.69) is 42.6 Å². The number of aromatic nitrogens is 3. The van der Waals surface area contributed by atoms with Crippen LogP contribution < -0.4 is 23.7 Å². The Hall–Kier alpha value is -3.80. The zero-order valence-corrected chi connectivity index (χ0v) is 45.4. The average molecular weight is 1030 g/mol. The van der Waals surface area contributed by atoms with E-state index >= 15 is 0 Å². The third-order valence-corrected chi connectivity index (χ3v) is 15.4. The van der Waals surface area contributed by atoms with Crippen LogP contribution in [0.3, 0.4) is 0 Å². The third-order valence-electron chi connectivity index (χ3n) is 10.2. The molecule has 0 unspecified atom stereocenters. The zero-order chi connectivity index (χ0) is 50.0. The quantitative estimate of drug-likeness (QED) is 0.0850. The molecule has 6 rings (SSSR count). The van der Waals surface area contributed by atoms with Crippen molar-refractivity contribution in [3.8, 4) is 17.2 Å². The Balaban J connectivity index is 0.000000220. The molecule has 0 aliphatic carbocycles. The van der Waals surface area contributed by atoms with Crippen LogP contribution in [0.2, 0.25) is 15.5 Å². The van der Waals surface area contributed by atoms with Gasteiger partial charge in [-0.25, -0.2) is 37.0 Å². The molecule has 0 saturated heterocycles. The van der Waals surface area contributed by atoms with Crippen molar-refractivity contribution in [3.05, 3.63) is 105 Å². The maximum absolute atomic E-state index is 12.5. The van der Waals surface area contributed by atoms with E-state index < -0.39 is 37.7 Å². The number of rotatable bonds is 13. The molecule has 0 aliphatic rings. The molecule has 0 fully saturated rings. The molecule has 3 heterocycles. The normalized spacial score (nSPS) is 14.4. The highest BCUT2D eigenvalue weighted by Gasteiger charge is 2.26. The maximum Gasteiger partial charge on any atom is 0.144 e. The van der Waals surface area contributed by atoms with Crippen LogP contribution in [0.4, 0.5) is 0 Å². The van der Waals surface area contributed by atoms with Gasteiger partial charge in [-0.3, -0.25) is 0 Å². The molecule has 0 radical (unpaired) electrons. The van der Waals surface area contributed by atoms with Gasteiger partial charge in [-0.2, -0.15) is 4.40 Å². The topological polar surface area (TPSA) is 154 Å². The second-order valence-corrected chi connectivity index (χ2v) is 25.3. The molecular formula is C49H63Cl3N6O6S3. The molecular weight excluding hydrogens is 971 g/mol. The minimum absolute atomic E-state index is 0.0399. The summed E-state index contributed by atoms with van der Waals surface area (Å²) in [7, 11) is 1.26. The highest BCUT2D eigenvalue weighted by Crippen LogP contribution is 2.36. The van der Waals surface area contributed by atoms with Crippen molar-refractivity contribution < 1.29 is 26.8 Å². The van der Waals surface area contributed by atoms with Crippen molar-refractivity contribution in [1.82, 2.24) is 24.4 Å². The van der Waals surface area contributed by atoms with Crippen LogP contribution in [-0.2, 0) is 33.0 Å². The predicted molar refractivity (Wildman–Crippen MR) is 284 cm³/mol. The van der Waals surface area contributed by atoms with Gasteiger partial charge in [0.1, 0.15) is 43.7 Å². The van der Waals surface area contributed by atoms with Crippen LogP contribution in [0.5, 0.6) is 17.2 Å². The standard InChI is InChI=1S/2C17H23ClN2O2S.C15H17ClN2O2S/c2*1-6-14(20-23(21)17(2,3)4)11-7-8-15(22-5)13-10-19-16(18)9-12(11)13;1-15(2,3)21(19)18-8-10-5-6-13(20-4)12-9-17-14(16)7-11(10)12/h2*7-10,14,20H,6H2,1-5H3;5-9H,1-4H3/t14-,23+;14-,23-;21-/m100/s1.